The second-order valence-electron chi connectivity index (χ2n) is 6.42. The number of amidine groups is 1. The number of aliphatic imine (C=N–C) groups is 1. The Morgan fingerprint density at radius 2 is 1.96 bits per heavy atom. The highest BCUT2D eigenvalue weighted by Gasteiger charge is 2.49. The molecule has 3 fully saturated rings. The smallest absolute Gasteiger partial charge is 0.251 e. The number of fused-ring (bicyclic) bond motifs is 1. The summed E-state index contributed by atoms with van der Waals surface area (Å²) in [6.45, 7) is 0.599. The number of amides is 1. The molecule has 2 atom stereocenters. The second-order valence-corrected chi connectivity index (χ2v) is 9.78. The van der Waals surface area contributed by atoms with Crippen molar-refractivity contribution >= 4 is 32.7 Å². The van der Waals surface area contributed by atoms with Gasteiger partial charge in [0.2, 0.25) is 0 Å². The summed E-state index contributed by atoms with van der Waals surface area (Å²) in [4.78, 5) is 18.4. The van der Waals surface area contributed by atoms with Crippen LogP contribution in [0.5, 0.6) is 0 Å². The van der Waals surface area contributed by atoms with Gasteiger partial charge in [0.1, 0.15) is 0 Å². The van der Waals surface area contributed by atoms with Crippen molar-refractivity contribution in [1.29, 1.82) is 0 Å². The molecule has 0 aromatic heterocycles. The van der Waals surface area contributed by atoms with Gasteiger partial charge in [-0.25, -0.2) is 8.42 Å². The Kier molecular flexibility index (Phi) is 3.72. The van der Waals surface area contributed by atoms with Crippen LogP contribution < -0.4 is 0 Å². The summed E-state index contributed by atoms with van der Waals surface area (Å²) in [6, 6.07) is 9.84. The second kappa shape index (κ2) is 5.63. The molecule has 0 N–H and O–H groups in total. The van der Waals surface area contributed by atoms with E-state index in [1.807, 2.05) is 35.2 Å². The van der Waals surface area contributed by atoms with Crippen molar-refractivity contribution in [3.8, 4) is 0 Å². The molecule has 5 nitrogen and oxygen atoms in total. The lowest BCUT2D eigenvalue weighted by Gasteiger charge is -2.24. The number of benzene rings is 1. The summed E-state index contributed by atoms with van der Waals surface area (Å²) in [6.07, 6.45) is 1.86. The van der Waals surface area contributed by atoms with Crippen molar-refractivity contribution < 1.29 is 13.2 Å². The van der Waals surface area contributed by atoms with Gasteiger partial charge in [0.05, 0.1) is 17.5 Å². The van der Waals surface area contributed by atoms with E-state index in [0.717, 1.165) is 18.4 Å². The maximum Gasteiger partial charge on any atom is 0.251 e. The zero-order valence-electron chi connectivity index (χ0n) is 12.6. The molecule has 2 saturated heterocycles. The molecule has 7 heteroatoms. The first-order valence-electron chi connectivity index (χ1n) is 7.82. The zero-order chi connectivity index (χ0) is 16.0. The van der Waals surface area contributed by atoms with Crippen molar-refractivity contribution in [3.63, 3.8) is 0 Å². The van der Waals surface area contributed by atoms with Crippen molar-refractivity contribution in [3.05, 3.63) is 35.9 Å². The lowest BCUT2D eigenvalue weighted by atomic mass is 10.1. The lowest BCUT2D eigenvalue weighted by Crippen LogP contribution is -2.37. The number of nitrogens with zero attached hydrogens (tertiary/aromatic N) is 2. The third kappa shape index (κ3) is 3.17. The monoisotopic (exact) mass is 350 g/mol. The van der Waals surface area contributed by atoms with Crippen LogP contribution in [0.1, 0.15) is 18.4 Å². The molecule has 0 radical (unpaired) electrons. The third-order valence-corrected chi connectivity index (χ3v) is 7.75. The van der Waals surface area contributed by atoms with Gasteiger partial charge in [-0.05, 0) is 18.4 Å². The van der Waals surface area contributed by atoms with Crippen LogP contribution in [-0.4, -0.2) is 47.2 Å². The van der Waals surface area contributed by atoms with E-state index in [2.05, 4.69) is 4.99 Å². The Morgan fingerprint density at radius 1 is 1.22 bits per heavy atom. The topological polar surface area (TPSA) is 66.8 Å². The highest BCUT2D eigenvalue weighted by atomic mass is 32.2. The normalized spacial score (nSPS) is 30.6. The number of carbonyl (C=O) groups excluding carboxylic acids is 1. The Bertz CT molecular complexity index is 757. The first kappa shape index (κ1) is 15.2. The quantitative estimate of drug-likeness (QED) is 0.830. The van der Waals surface area contributed by atoms with E-state index >= 15 is 0 Å². The highest BCUT2D eigenvalue weighted by molar-refractivity contribution is 8.15. The van der Waals surface area contributed by atoms with Crippen molar-refractivity contribution in [2.24, 2.45) is 10.9 Å². The van der Waals surface area contributed by atoms with Crippen LogP contribution in [-0.2, 0) is 21.2 Å². The van der Waals surface area contributed by atoms with E-state index in [9.17, 15) is 13.2 Å². The highest BCUT2D eigenvalue weighted by Crippen LogP contribution is 2.40. The molecule has 1 amide bonds. The maximum absolute atomic E-state index is 12.1. The number of hydrogen-bond donors (Lipinski definition) is 0. The van der Waals surface area contributed by atoms with E-state index in [1.165, 1.54) is 11.8 Å². The summed E-state index contributed by atoms with van der Waals surface area (Å²) >= 11 is 1.46. The van der Waals surface area contributed by atoms with E-state index in [4.69, 9.17) is 0 Å². The number of sulfone groups is 1. The average molecular weight is 350 g/mol. The van der Waals surface area contributed by atoms with Gasteiger partial charge in [0, 0.05) is 17.7 Å². The fourth-order valence-electron chi connectivity index (χ4n) is 3.12. The van der Waals surface area contributed by atoms with E-state index < -0.39 is 9.84 Å². The molecule has 1 saturated carbocycles. The van der Waals surface area contributed by atoms with Crippen LogP contribution in [0, 0.1) is 5.92 Å². The molecule has 1 aliphatic carbocycles. The van der Waals surface area contributed by atoms with E-state index in [0.29, 0.717) is 11.7 Å². The molecular weight excluding hydrogens is 332 g/mol. The van der Waals surface area contributed by atoms with Gasteiger partial charge in [-0.3, -0.25) is 4.79 Å². The van der Waals surface area contributed by atoms with Crippen LogP contribution in [0.2, 0.25) is 0 Å². The molecule has 0 spiro atoms. The number of carbonyl (C=O) groups is 1. The Balaban J connectivity index is 1.62. The summed E-state index contributed by atoms with van der Waals surface area (Å²) in [5, 5.41) is 0.699. The Morgan fingerprint density at radius 3 is 2.65 bits per heavy atom. The molecular formula is C16H18N2O3S2. The third-order valence-electron chi connectivity index (χ3n) is 4.50. The van der Waals surface area contributed by atoms with Gasteiger partial charge in [-0.15, -0.1) is 0 Å². The fourth-order valence-corrected chi connectivity index (χ4v) is 7.07. The first-order chi connectivity index (χ1) is 11.0. The molecule has 4 rings (SSSR count). The minimum atomic E-state index is -2.99. The van der Waals surface area contributed by atoms with Gasteiger partial charge in [-0.2, -0.15) is 4.99 Å². The zero-order valence-corrected chi connectivity index (χ0v) is 14.2. The minimum Gasteiger partial charge on any atom is -0.342 e. The average Bonchev–Trinajstić information content (AvgIpc) is 3.25. The Hall–Kier alpha value is -1.34. The van der Waals surface area contributed by atoms with Gasteiger partial charge >= 0.3 is 0 Å². The van der Waals surface area contributed by atoms with Crippen LogP contribution >= 0.6 is 11.8 Å². The van der Waals surface area contributed by atoms with E-state index in [1.54, 1.807) is 0 Å². The minimum absolute atomic E-state index is 0.00512. The summed E-state index contributed by atoms with van der Waals surface area (Å²) in [5.74, 6) is 0.387. The summed E-state index contributed by atoms with van der Waals surface area (Å²) in [7, 11) is -2.99. The predicted octanol–water partition coefficient (Wildman–Crippen LogP) is 1.69. The van der Waals surface area contributed by atoms with Gasteiger partial charge in [0.15, 0.2) is 15.0 Å². The van der Waals surface area contributed by atoms with Crippen LogP contribution in [0.25, 0.3) is 0 Å². The first-order valence-corrected chi connectivity index (χ1v) is 10.5. The van der Waals surface area contributed by atoms with Crippen molar-refractivity contribution in [2.75, 3.05) is 11.5 Å². The molecule has 3 aliphatic rings. The molecule has 0 unspecified atom stereocenters. The van der Waals surface area contributed by atoms with Crippen molar-refractivity contribution in [1.82, 2.24) is 4.90 Å². The largest absolute Gasteiger partial charge is 0.342 e. The molecule has 2 heterocycles. The van der Waals surface area contributed by atoms with E-state index in [-0.39, 0.29) is 34.6 Å². The van der Waals surface area contributed by atoms with Crippen molar-refractivity contribution in [2.45, 2.75) is 30.7 Å². The summed E-state index contributed by atoms with van der Waals surface area (Å²) < 4.78 is 23.9. The lowest BCUT2D eigenvalue weighted by molar-refractivity contribution is -0.118. The fraction of sp³-hybridized carbons (Fsp3) is 0.500. The van der Waals surface area contributed by atoms with Crippen LogP contribution in [0.3, 0.4) is 0 Å². The summed E-state index contributed by atoms with van der Waals surface area (Å²) in [5.41, 5.74) is 1.10. The van der Waals surface area contributed by atoms with Gasteiger partial charge in [0.25, 0.3) is 5.91 Å². The maximum atomic E-state index is 12.1. The number of hydrogen-bond acceptors (Lipinski definition) is 4. The standard InChI is InChI=1S/C16H18N2O3S2/c19-15(12-6-7-12)17-16-18(8-11-4-2-1-3-5-11)13-9-23(20,21)10-14(13)22-16/h1-5,12-14H,6-10H2/t13-,14+/m0/s1. The Labute approximate surface area is 140 Å². The molecule has 122 valence electrons. The predicted molar refractivity (Wildman–Crippen MR) is 91.0 cm³/mol. The SMILES string of the molecule is O=C(N=C1S[C@@H]2CS(=O)(=O)C[C@@H]2N1Cc1ccccc1)C1CC1. The number of rotatable bonds is 3. The molecule has 23 heavy (non-hydrogen) atoms. The molecule has 1 aromatic carbocycles. The van der Waals surface area contributed by atoms with Crippen LogP contribution in [0.15, 0.2) is 35.3 Å². The van der Waals surface area contributed by atoms with Crippen LogP contribution in [0.4, 0.5) is 0 Å². The number of thioether (sulfide) groups is 1. The molecule has 1 aromatic rings. The molecule has 2 aliphatic heterocycles. The van der Waals surface area contributed by atoms with Gasteiger partial charge in [-0.1, -0.05) is 42.1 Å². The van der Waals surface area contributed by atoms with Gasteiger partial charge < -0.3 is 4.90 Å². The molecule has 0 bridgehead atoms.